The highest BCUT2D eigenvalue weighted by Gasteiger charge is 2.37. The van der Waals surface area contributed by atoms with Gasteiger partial charge in [0.05, 0.1) is 22.7 Å². The van der Waals surface area contributed by atoms with Gasteiger partial charge in [-0.25, -0.2) is 4.39 Å². The van der Waals surface area contributed by atoms with Crippen molar-refractivity contribution in [1.29, 1.82) is 0 Å². The summed E-state index contributed by atoms with van der Waals surface area (Å²) >= 11 is 0. The van der Waals surface area contributed by atoms with Gasteiger partial charge in [-0.2, -0.15) is 39.5 Å². The molecular formula is C21H16F10N2O. The monoisotopic (exact) mass is 502 g/mol. The van der Waals surface area contributed by atoms with Crippen LogP contribution in [-0.4, -0.2) is 24.7 Å². The molecule has 2 aromatic rings. The Hall–Kier alpha value is -2.83. The Bertz CT molecular complexity index is 1030. The van der Waals surface area contributed by atoms with Gasteiger partial charge < -0.3 is 10.6 Å². The number of halogens is 10. The lowest BCUT2D eigenvalue weighted by molar-refractivity contribution is -0.143. The van der Waals surface area contributed by atoms with Gasteiger partial charge >= 0.3 is 18.5 Å². The van der Waals surface area contributed by atoms with E-state index in [0.717, 1.165) is 6.07 Å². The summed E-state index contributed by atoms with van der Waals surface area (Å²) < 4.78 is 132. The van der Waals surface area contributed by atoms with Gasteiger partial charge in [-0.15, -0.1) is 0 Å². The molecule has 2 atom stereocenters. The fourth-order valence-corrected chi connectivity index (χ4v) is 3.45. The molecule has 34 heavy (non-hydrogen) atoms. The Morgan fingerprint density at radius 3 is 1.71 bits per heavy atom. The van der Waals surface area contributed by atoms with Gasteiger partial charge in [-0.1, -0.05) is 0 Å². The van der Waals surface area contributed by atoms with Crippen molar-refractivity contribution in [2.24, 2.45) is 0 Å². The van der Waals surface area contributed by atoms with Crippen LogP contribution in [0.3, 0.4) is 0 Å². The summed E-state index contributed by atoms with van der Waals surface area (Å²) in [6.07, 6.45) is -16.8. The lowest BCUT2D eigenvalue weighted by Gasteiger charge is -2.17. The fourth-order valence-electron chi connectivity index (χ4n) is 3.45. The highest BCUT2D eigenvalue weighted by molar-refractivity contribution is 5.82. The van der Waals surface area contributed by atoms with E-state index in [0.29, 0.717) is 24.3 Å². The van der Waals surface area contributed by atoms with Crippen LogP contribution in [0.25, 0.3) is 11.1 Å². The third-order valence-electron chi connectivity index (χ3n) is 5.10. The number of hydrogen-bond acceptors (Lipinski definition) is 2. The van der Waals surface area contributed by atoms with E-state index in [4.69, 9.17) is 0 Å². The molecule has 2 aromatic carbocycles. The van der Waals surface area contributed by atoms with Crippen molar-refractivity contribution in [3.05, 3.63) is 58.7 Å². The number of nitrogens with one attached hydrogen (secondary N) is 2. The molecule has 1 amide bonds. The summed E-state index contributed by atoms with van der Waals surface area (Å²) in [5.74, 6) is -0.711. The van der Waals surface area contributed by atoms with E-state index in [-0.39, 0.29) is 24.6 Å². The zero-order valence-corrected chi connectivity index (χ0v) is 16.9. The molecule has 186 valence electrons. The van der Waals surface area contributed by atoms with Crippen LogP contribution in [0.2, 0.25) is 0 Å². The SMILES string of the molecule is O=C(NCc1cc(-c2cc(C(F)(F)F)cc(C(F)(F)F)c2)cc(C(F)(F)F)c1)C1CC(F)CN1. The number of benzene rings is 2. The number of carbonyl (C=O) groups excluding carboxylic acids is 1. The molecule has 1 aliphatic rings. The molecule has 0 radical (unpaired) electrons. The maximum Gasteiger partial charge on any atom is 0.416 e. The lowest BCUT2D eigenvalue weighted by atomic mass is 9.95. The van der Waals surface area contributed by atoms with Gasteiger partial charge in [0, 0.05) is 19.5 Å². The highest BCUT2D eigenvalue weighted by atomic mass is 19.4. The topological polar surface area (TPSA) is 41.1 Å². The maximum absolute atomic E-state index is 13.4. The van der Waals surface area contributed by atoms with Crippen LogP contribution in [0.4, 0.5) is 43.9 Å². The summed E-state index contributed by atoms with van der Waals surface area (Å²) in [6.45, 7) is -0.598. The first-order chi connectivity index (χ1) is 15.5. The summed E-state index contributed by atoms with van der Waals surface area (Å²) in [6, 6.07) is 1.57. The molecule has 0 bridgehead atoms. The van der Waals surface area contributed by atoms with E-state index < -0.39 is 71.0 Å². The van der Waals surface area contributed by atoms with Crippen molar-refractivity contribution in [2.45, 2.75) is 43.7 Å². The molecule has 0 spiro atoms. The normalized spacial score (nSPS) is 19.4. The van der Waals surface area contributed by atoms with Crippen molar-refractivity contribution in [2.75, 3.05) is 6.54 Å². The van der Waals surface area contributed by atoms with Crippen LogP contribution in [-0.2, 0) is 29.9 Å². The van der Waals surface area contributed by atoms with Crippen LogP contribution in [0.5, 0.6) is 0 Å². The molecule has 1 aliphatic heterocycles. The fraction of sp³-hybridized carbons (Fsp3) is 0.381. The highest BCUT2D eigenvalue weighted by Crippen LogP contribution is 2.40. The first-order valence-electron chi connectivity index (χ1n) is 9.70. The van der Waals surface area contributed by atoms with E-state index >= 15 is 0 Å². The number of carbonyl (C=O) groups is 1. The Kier molecular flexibility index (Phi) is 6.89. The number of amides is 1. The summed E-state index contributed by atoms with van der Waals surface area (Å²) in [5, 5.41) is 4.87. The van der Waals surface area contributed by atoms with Gasteiger partial charge in [0.1, 0.15) is 6.17 Å². The first kappa shape index (κ1) is 25.8. The van der Waals surface area contributed by atoms with Crippen molar-refractivity contribution >= 4 is 5.91 Å². The number of rotatable bonds is 4. The predicted molar refractivity (Wildman–Crippen MR) is 100 cm³/mol. The molecule has 1 fully saturated rings. The van der Waals surface area contributed by atoms with Gasteiger partial charge in [-0.3, -0.25) is 4.79 Å². The number of alkyl halides is 10. The largest absolute Gasteiger partial charge is 0.416 e. The minimum atomic E-state index is -5.18. The maximum atomic E-state index is 13.4. The van der Waals surface area contributed by atoms with E-state index in [1.54, 1.807) is 0 Å². The molecule has 1 heterocycles. The van der Waals surface area contributed by atoms with E-state index in [1.165, 1.54) is 0 Å². The molecule has 0 saturated carbocycles. The van der Waals surface area contributed by atoms with Gasteiger partial charge in [0.15, 0.2) is 0 Å². The average molecular weight is 502 g/mol. The van der Waals surface area contributed by atoms with Crippen molar-refractivity contribution < 1.29 is 48.7 Å². The molecule has 1 saturated heterocycles. The van der Waals surface area contributed by atoms with Gasteiger partial charge in [-0.05, 0) is 53.1 Å². The first-order valence-corrected chi connectivity index (χ1v) is 9.70. The van der Waals surface area contributed by atoms with Crippen molar-refractivity contribution in [3.8, 4) is 11.1 Å². The second kappa shape index (κ2) is 9.08. The van der Waals surface area contributed by atoms with E-state index in [9.17, 15) is 48.7 Å². The Morgan fingerprint density at radius 1 is 0.794 bits per heavy atom. The van der Waals surface area contributed by atoms with Crippen LogP contribution < -0.4 is 10.6 Å². The minimum absolute atomic E-state index is 0.0805. The number of hydrogen-bond donors (Lipinski definition) is 2. The zero-order chi connectivity index (χ0) is 25.5. The van der Waals surface area contributed by atoms with Gasteiger partial charge in [0.2, 0.25) is 5.91 Å². The van der Waals surface area contributed by atoms with Crippen LogP contribution >= 0.6 is 0 Å². The van der Waals surface area contributed by atoms with E-state index in [1.807, 2.05) is 0 Å². The summed E-state index contributed by atoms with van der Waals surface area (Å²) in [4.78, 5) is 12.1. The van der Waals surface area contributed by atoms with E-state index in [2.05, 4.69) is 10.6 Å². The molecule has 2 unspecified atom stereocenters. The zero-order valence-electron chi connectivity index (χ0n) is 16.9. The molecule has 13 heteroatoms. The van der Waals surface area contributed by atoms with Gasteiger partial charge in [0.25, 0.3) is 0 Å². The quantitative estimate of drug-likeness (QED) is 0.525. The average Bonchev–Trinajstić information content (AvgIpc) is 3.16. The Labute approximate surface area is 186 Å². The summed E-state index contributed by atoms with van der Waals surface area (Å²) in [5.41, 5.74) is -6.21. The lowest BCUT2D eigenvalue weighted by Crippen LogP contribution is -2.40. The second-order valence-electron chi connectivity index (χ2n) is 7.72. The summed E-state index contributed by atoms with van der Waals surface area (Å²) in [7, 11) is 0. The molecule has 2 N–H and O–H groups in total. The third-order valence-corrected chi connectivity index (χ3v) is 5.10. The van der Waals surface area contributed by atoms with Crippen molar-refractivity contribution in [3.63, 3.8) is 0 Å². The third kappa shape index (κ3) is 6.19. The van der Waals surface area contributed by atoms with Crippen molar-refractivity contribution in [1.82, 2.24) is 10.6 Å². The smallest absolute Gasteiger partial charge is 0.351 e. The second-order valence-corrected chi connectivity index (χ2v) is 7.72. The van der Waals surface area contributed by atoms with Crippen LogP contribution in [0.15, 0.2) is 36.4 Å². The molecule has 0 aromatic heterocycles. The van der Waals surface area contributed by atoms with Crippen LogP contribution in [0, 0.1) is 0 Å². The van der Waals surface area contributed by atoms with Crippen LogP contribution in [0.1, 0.15) is 28.7 Å². The Morgan fingerprint density at radius 2 is 1.26 bits per heavy atom. The predicted octanol–water partition coefficient (Wildman–Crippen LogP) is 5.73. The molecule has 0 aliphatic carbocycles. The standard InChI is InChI=1S/C21H16F10N2O/c22-16-7-17(32-9-16)18(34)33-8-10-1-11(3-13(2-10)19(23,24)25)12-4-14(20(26,27)28)6-15(5-12)21(29,30)31/h1-6,16-17,32H,7-9H2,(H,33,34). The molecular weight excluding hydrogens is 486 g/mol. The Balaban J connectivity index is 2.02. The minimum Gasteiger partial charge on any atom is -0.351 e. The molecule has 3 nitrogen and oxygen atoms in total. The molecule has 3 rings (SSSR count).